The molecule has 0 amide bonds. The first kappa shape index (κ1) is 9.53. The highest BCUT2D eigenvalue weighted by Gasteiger charge is 1.90. The van der Waals surface area contributed by atoms with Crippen LogP contribution in [0.5, 0.6) is 0 Å². The van der Waals surface area contributed by atoms with Crippen molar-refractivity contribution in [3.8, 4) is 0 Å². The van der Waals surface area contributed by atoms with Crippen LogP contribution in [0.1, 0.15) is 25.3 Å². The molecule has 1 aromatic rings. The van der Waals surface area contributed by atoms with E-state index in [9.17, 15) is 0 Å². The Balaban J connectivity index is 2.67. The summed E-state index contributed by atoms with van der Waals surface area (Å²) >= 11 is 3.54. The third-order valence-corrected chi connectivity index (χ3v) is 2.24. The molecule has 1 heteroatoms. The average Bonchev–Trinajstić information content (AvgIpc) is 2.06. The largest absolute Gasteiger partial charge is 0.0650 e. The molecule has 0 unspecified atom stereocenters. The van der Waals surface area contributed by atoms with E-state index in [2.05, 4.69) is 53.2 Å². The van der Waals surface area contributed by atoms with Gasteiger partial charge in [0, 0.05) is 0 Å². The van der Waals surface area contributed by atoms with Crippen LogP contribution in [-0.4, -0.2) is 0 Å². The minimum Gasteiger partial charge on any atom is -0.0650 e. The van der Waals surface area contributed by atoms with E-state index in [1.54, 1.807) is 0 Å². The minimum absolute atomic E-state index is 1.12. The van der Waals surface area contributed by atoms with Gasteiger partial charge in [-0.1, -0.05) is 59.6 Å². The molecule has 0 aromatic heterocycles. The SMILES string of the molecule is CCC/C(Br)=C\c1ccccc1. The second-order valence-electron chi connectivity index (χ2n) is 2.75. The molecule has 0 fully saturated rings. The molecule has 0 atom stereocenters. The zero-order chi connectivity index (χ0) is 8.81. The molecule has 1 aromatic carbocycles. The molecule has 64 valence electrons. The van der Waals surface area contributed by atoms with Crippen molar-refractivity contribution in [2.75, 3.05) is 0 Å². The molecule has 0 aliphatic rings. The smallest absolute Gasteiger partial charge is 0.00435 e. The van der Waals surface area contributed by atoms with Gasteiger partial charge in [-0.3, -0.25) is 0 Å². The number of benzene rings is 1. The molecule has 0 radical (unpaired) electrons. The lowest BCUT2D eigenvalue weighted by Crippen LogP contribution is -1.73. The van der Waals surface area contributed by atoms with Crippen molar-refractivity contribution >= 4 is 22.0 Å². The summed E-state index contributed by atoms with van der Waals surface area (Å²) in [5.74, 6) is 0. The first-order valence-electron chi connectivity index (χ1n) is 4.24. The quantitative estimate of drug-likeness (QED) is 0.722. The lowest BCUT2D eigenvalue weighted by molar-refractivity contribution is 0.954. The molecule has 0 heterocycles. The first-order valence-corrected chi connectivity index (χ1v) is 5.03. The zero-order valence-corrected chi connectivity index (χ0v) is 8.84. The van der Waals surface area contributed by atoms with Crippen molar-refractivity contribution in [2.45, 2.75) is 19.8 Å². The summed E-state index contributed by atoms with van der Waals surface area (Å²) in [6.45, 7) is 2.18. The second-order valence-corrected chi connectivity index (χ2v) is 3.77. The van der Waals surface area contributed by atoms with Gasteiger partial charge in [0.05, 0.1) is 0 Å². The summed E-state index contributed by atoms with van der Waals surface area (Å²) < 4.78 is 1.27. The van der Waals surface area contributed by atoms with E-state index in [-0.39, 0.29) is 0 Å². The molecule has 0 bridgehead atoms. The van der Waals surface area contributed by atoms with Crippen molar-refractivity contribution in [1.29, 1.82) is 0 Å². The molecular formula is C11H13Br. The minimum atomic E-state index is 1.12. The lowest BCUT2D eigenvalue weighted by Gasteiger charge is -1.95. The van der Waals surface area contributed by atoms with Crippen LogP contribution in [0.15, 0.2) is 34.8 Å². The Bertz CT molecular complexity index is 249. The van der Waals surface area contributed by atoms with Crippen LogP contribution in [0, 0.1) is 0 Å². The number of hydrogen-bond donors (Lipinski definition) is 0. The van der Waals surface area contributed by atoms with Crippen LogP contribution in [0.3, 0.4) is 0 Å². The third kappa shape index (κ3) is 3.22. The zero-order valence-electron chi connectivity index (χ0n) is 7.26. The summed E-state index contributed by atoms with van der Waals surface area (Å²) in [7, 11) is 0. The maximum absolute atomic E-state index is 3.54. The average molecular weight is 225 g/mol. The van der Waals surface area contributed by atoms with E-state index in [1.165, 1.54) is 16.5 Å². The molecule has 0 saturated carbocycles. The molecule has 0 nitrogen and oxygen atoms in total. The van der Waals surface area contributed by atoms with Gasteiger partial charge in [0.2, 0.25) is 0 Å². The van der Waals surface area contributed by atoms with E-state index in [0.29, 0.717) is 0 Å². The number of rotatable bonds is 3. The molecular weight excluding hydrogens is 212 g/mol. The van der Waals surface area contributed by atoms with Gasteiger partial charge in [-0.05, 0) is 22.5 Å². The van der Waals surface area contributed by atoms with Crippen LogP contribution in [0.2, 0.25) is 0 Å². The Morgan fingerprint density at radius 3 is 2.58 bits per heavy atom. The van der Waals surface area contributed by atoms with Gasteiger partial charge < -0.3 is 0 Å². The summed E-state index contributed by atoms with van der Waals surface area (Å²) in [6, 6.07) is 10.4. The lowest BCUT2D eigenvalue weighted by atomic mass is 10.2. The normalized spacial score (nSPS) is 11.7. The molecule has 0 N–H and O–H groups in total. The van der Waals surface area contributed by atoms with Crippen molar-refractivity contribution in [3.05, 3.63) is 40.4 Å². The Labute approximate surface area is 82.4 Å². The third-order valence-electron chi connectivity index (χ3n) is 1.61. The van der Waals surface area contributed by atoms with Crippen LogP contribution in [0.25, 0.3) is 6.08 Å². The van der Waals surface area contributed by atoms with Gasteiger partial charge in [-0.25, -0.2) is 0 Å². The van der Waals surface area contributed by atoms with Gasteiger partial charge in [-0.2, -0.15) is 0 Å². The maximum atomic E-state index is 3.54. The Morgan fingerprint density at radius 1 is 1.33 bits per heavy atom. The highest BCUT2D eigenvalue weighted by molar-refractivity contribution is 9.11. The number of allylic oxidation sites excluding steroid dienone is 1. The summed E-state index contributed by atoms with van der Waals surface area (Å²) in [5, 5.41) is 0. The summed E-state index contributed by atoms with van der Waals surface area (Å²) in [5.41, 5.74) is 1.26. The Kier molecular flexibility index (Phi) is 4.09. The molecule has 0 spiro atoms. The molecule has 0 saturated heterocycles. The molecule has 12 heavy (non-hydrogen) atoms. The van der Waals surface area contributed by atoms with Crippen molar-refractivity contribution < 1.29 is 0 Å². The van der Waals surface area contributed by atoms with Crippen LogP contribution >= 0.6 is 15.9 Å². The fourth-order valence-corrected chi connectivity index (χ4v) is 1.70. The Hall–Kier alpha value is -0.560. The number of halogens is 1. The van der Waals surface area contributed by atoms with Gasteiger partial charge in [0.15, 0.2) is 0 Å². The molecule has 0 aliphatic heterocycles. The van der Waals surface area contributed by atoms with E-state index in [1.807, 2.05) is 6.07 Å². The fourth-order valence-electron chi connectivity index (χ4n) is 1.04. The molecule has 0 aliphatic carbocycles. The maximum Gasteiger partial charge on any atom is -0.00435 e. The summed E-state index contributed by atoms with van der Waals surface area (Å²) in [4.78, 5) is 0. The van der Waals surface area contributed by atoms with Gasteiger partial charge >= 0.3 is 0 Å². The highest BCUT2D eigenvalue weighted by atomic mass is 79.9. The fraction of sp³-hybridized carbons (Fsp3) is 0.273. The standard InChI is InChI=1S/C11H13Br/c1-2-6-11(12)9-10-7-4-3-5-8-10/h3-5,7-9H,2,6H2,1H3/b11-9+. The van der Waals surface area contributed by atoms with E-state index in [4.69, 9.17) is 0 Å². The van der Waals surface area contributed by atoms with Crippen molar-refractivity contribution in [3.63, 3.8) is 0 Å². The first-order chi connectivity index (χ1) is 5.83. The second kappa shape index (κ2) is 5.15. The van der Waals surface area contributed by atoms with Gasteiger partial charge in [0.1, 0.15) is 0 Å². The summed E-state index contributed by atoms with van der Waals surface area (Å²) in [6.07, 6.45) is 4.47. The van der Waals surface area contributed by atoms with E-state index >= 15 is 0 Å². The number of hydrogen-bond acceptors (Lipinski definition) is 0. The van der Waals surface area contributed by atoms with Crippen LogP contribution in [0.4, 0.5) is 0 Å². The van der Waals surface area contributed by atoms with Crippen molar-refractivity contribution in [1.82, 2.24) is 0 Å². The predicted octanol–water partition coefficient (Wildman–Crippen LogP) is 4.22. The van der Waals surface area contributed by atoms with E-state index in [0.717, 1.165) is 6.42 Å². The van der Waals surface area contributed by atoms with Crippen LogP contribution < -0.4 is 0 Å². The van der Waals surface area contributed by atoms with Crippen LogP contribution in [-0.2, 0) is 0 Å². The highest BCUT2D eigenvalue weighted by Crippen LogP contribution is 2.16. The van der Waals surface area contributed by atoms with Gasteiger partial charge in [-0.15, -0.1) is 0 Å². The predicted molar refractivity (Wildman–Crippen MR) is 58.3 cm³/mol. The Morgan fingerprint density at radius 2 is 2.00 bits per heavy atom. The van der Waals surface area contributed by atoms with E-state index < -0.39 is 0 Å². The van der Waals surface area contributed by atoms with Gasteiger partial charge in [0.25, 0.3) is 0 Å². The molecule has 1 rings (SSSR count). The monoisotopic (exact) mass is 224 g/mol. The van der Waals surface area contributed by atoms with Crippen molar-refractivity contribution in [2.24, 2.45) is 0 Å². The topological polar surface area (TPSA) is 0 Å².